The van der Waals surface area contributed by atoms with Gasteiger partial charge >= 0.3 is 19.5 Å². The molecule has 0 fully saturated rings. The SMILES string of the molecule is [O-]c1c(F)c(F)c(F)c(F)c1-c1nc2c(F)c(F)c(Br)c(F)c2s1.[O-]c1c(F)c(F)c(F)c(F)c1-c1nc2c(F)c(F)c(Br)c(F)c2s1.[Zn+2]. The number of hydrogen-bond donors (Lipinski definition) is 0. The fourth-order valence-corrected chi connectivity index (χ4v) is 6.93. The van der Waals surface area contributed by atoms with Gasteiger partial charge in [-0.25, -0.2) is 71.4 Å². The Morgan fingerprint density at radius 3 is 0.980 bits per heavy atom. The zero-order valence-corrected chi connectivity index (χ0v) is 30.1. The minimum absolute atomic E-state index is 0. The molecule has 6 rings (SSSR count). The average molecular weight is 928 g/mol. The van der Waals surface area contributed by atoms with E-state index in [1.165, 1.54) is 0 Å². The quantitative estimate of drug-likeness (QED) is 0.0752. The Kier molecular flexibility index (Phi) is 11.0. The van der Waals surface area contributed by atoms with Crippen LogP contribution in [-0.4, -0.2) is 9.97 Å². The fourth-order valence-electron chi connectivity index (χ4n) is 3.85. The molecule has 4 aromatic carbocycles. The molecule has 0 amide bonds. The summed E-state index contributed by atoms with van der Waals surface area (Å²) in [7, 11) is 0. The van der Waals surface area contributed by atoms with Crippen molar-refractivity contribution in [3.63, 3.8) is 0 Å². The van der Waals surface area contributed by atoms with Gasteiger partial charge in [-0.2, -0.15) is 0 Å². The third-order valence-electron chi connectivity index (χ3n) is 6.10. The number of rotatable bonds is 2. The van der Waals surface area contributed by atoms with Crippen molar-refractivity contribution in [1.82, 2.24) is 9.97 Å². The van der Waals surface area contributed by atoms with Gasteiger partial charge in [0.25, 0.3) is 0 Å². The number of aromatic nitrogens is 2. The third-order valence-corrected chi connectivity index (χ3v) is 9.62. The van der Waals surface area contributed by atoms with Gasteiger partial charge in [-0.05, 0) is 31.9 Å². The van der Waals surface area contributed by atoms with Crippen molar-refractivity contribution in [2.24, 2.45) is 0 Å². The fraction of sp³-hybridized carbons (Fsp3) is 0. The molecule has 0 saturated carbocycles. The van der Waals surface area contributed by atoms with Gasteiger partial charge in [-0.3, -0.25) is 0 Å². The molecule has 6 aromatic rings. The molecule has 0 saturated heterocycles. The topological polar surface area (TPSA) is 71.9 Å². The summed E-state index contributed by atoms with van der Waals surface area (Å²) in [6.07, 6.45) is 0. The summed E-state index contributed by atoms with van der Waals surface area (Å²) in [5.41, 5.74) is -4.50. The Morgan fingerprint density at radius 1 is 0.388 bits per heavy atom. The van der Waals surface area contributed by atoms with E-state index in [9.17, 15) is 71.7 Å². The largest absolute Gasteiger partial charge is 2.00 e. The van der Waals surface area contributed by atoms with Crippen LogP contribution in [0.3, 0.4) is 0 Å². The maximum atomic E-state index is 13.9. The smallest absolute Gasteiger partial charge is 0.870 e. The van der Waals surface area contributed by atoms with Gasteiger partial charge in [-0.15, -0.1) is 22.7 Å². The number of halogens is 16. The van der Waals surface area contributed by atoms with E-state index in [2.05, 4.69) is 41.8 Å². The molecule has 0 bridgehead atoms. The van der Waals surface area contributed by atoms with Crippen LogP contribution in [0.2, 0.25) is 0 Å². The monoisotopic (exact) mass is 924 g/mol. The van der Waals surface area contributed by atoms with Crippen LogP contribution < -0.4 is 10.2 Å². The van der Waals surface area contributed by atoms with E-state index < -0.39 is 143 Å². The minimum Gasteiger partial charge on any atom is -0.870 e. The minimum atomic E-state index is -2.33. The second-order valence-electron chi connectivity index (χ2n) is 8.83. The second kappa shape index (κ2) is 13.9. The van der Waals surface area contributed by atoms with Gasteiger partial charge in [-0.1, -0.05) is 11.5 Å². The summed E-state index contributed by atoms with van der Waals surface area (Å²) in [5, 5.41) is 21.6. The molecule has 2 heterocycles. The zero-order chi connectivity index (χ0) is 35.8. The van der Waals surface area contributed by atoms with Gasteiger partial charge in [0, 0.05) is 11.1 Å². The van der Waals surface area contributed by atoms with Crippen LogP contribution in [0.15, 0.2) is 8.95 Å². The van der Waals surface area contributed by atoms with E-state index in [1.807, 2.05) is 0 Å². The van der Waals surface area contributed by atoms with E-state index in [0.717, 1.165) is 0 Å². The molecule has 0 aliphatic rings. The molecule has 0 radical (unpaired) electrons. The molecule has 0 spiro atoms. The maximum absolute atomic E-state index is 13.9. The Hall–Kier alpha value is -3.14. The van der Waals surface area contributed by atoms with Crippen molar-refractivity contribution in [3.8, 4) is 32.6 Å². The summed E-state index contributed by atoms with van der Waals surface area (Å²) in [6.45, 7) is 0. The van der Waals surface area contributed by atoms with E-state index in [0.29, 0.717) is 0 Å². The standard InChI is InChI=1S/2C13HBrF7NOS.Zn/c2*14-2-4(16)8(20)10-12(5(2)17)24-13(22-10)1-3(15)6(18)7(19)9(21)11(1)23;/h2*23H;/q;;+2/p-2. The predicted molar refractivity (Wildman–Crippen MR) is 144 cm³/mol. The van der Waals surface area contributed by atoms with Crippen LogP contribution in [0.4, 0.5) is 61.5 Å². The summed E-state index contributed by atoms with van der Waals surface area (Å²) >= 11 is 5.22. The molecule has 2 aromatic heterocycles. The van der Waals surface area contributed by atoms with Gasteiger partial charge in [0.05, 0.1) is 18.3 Å². The van der Waals surface area contributed by atoms with Crippen LogP contribution >= 0.6 is 54.5 Å². The van der Waals surface area contributed by atoms with Crippen molar-refractivity contribution < 1.29 is 91.2 Å². The number of nitrogens with zero attached hydrogens (tertiary/aromatic N) is 2. The molecule has 0 unspecified atom stereocenters. The van der Waals surface area contributed by atoms with E-state index in [1.54, 1.807) is 0 Å². The van der Waals surface area contributed by atoms with Crippen LogP contribution in [0.5, 0.6) is 11.5 Å². The Labute approximate surface area is 297 Å². The second-order valence-corrected chi connectivity index (χ2v) is 12.4. The number of thiazole rings is 2. The van der Waals surface area contributed by atoms with E-state index >= 15 is 0 Å². The molecular weight excluding hydrogens is 928 g/mol. The molecule has 23 heteroatoms. The molecule has 0 N–H and O–H groups in total. The summed E-state index contributed by atoms with van der Waals surface area (Å²) in [5.74, 6) is -30.6. The predicted octanol–water partition coefficient (Wildman–Crippen LogP) is 9.54. The van der Waals surface area contributed by atoms with Gasteiger partial charge in [0.15, 0.2) is 81.4 Å². The van der Waals surface area contributed by atoms with Crippen LogP contribution in [-0.2, 0) is 19.5 Å². The summed E-state index contributed by atoms with van der Waals surface area (Å²) in [6, 6.07) is 0. The summed E-state index contributed by atoms with van der Waals surface area (Å²) < 4.78 is 186. The van der Waals surface area contributed by atoms with Crippen molar-refractivity contribution in [1.29, 1.82) is 0 Å². The van der Waals surface area contributed by atoms with Gasteiger partial charge < -0.3 is 10.2 Å². The Bertz CT molecular complexity index is 2060. The Balaban J connectivity index is 0.000000216. The first-order valence-corrected chi connectivity index (χ1v) is 14.9. The van der Waals surface area contributed by atoms with Crippen molar-refractivity contribution >= 4 is 75.0 Å². The Morgan fingerprint density at radius 2 is 0.673 bits per heavy atom. The first-order chi connectivity index (χ1) is 22.3. The number of fused-ring (bicyclic) bond motifs is 2. The van der Waals surface area contributed by atoms with Crippen molar-refractivity contribution in [3.05, 3.63) is 90.4 Å². The van der Waals surface area contributed by atoms with Crippen LogP contribution in [0.1, 0.15) is 0 Å². The van der Waals surface area contributed by atoms with Gasteiger partial charge in [0.2, 0.25) is 0 Å². The molecule has 0 aliphatic heterocycles. The van der Waals surface area contributed by atoms with Crippen LogP contribution in [0.25, 0.3) is 41.6 Å². The zero-order valence-electron chi connectivity index (χ0n) is 22.3. The van der Waals surface area contributed by atoms with Gasteiger partial charge in [0.1, 0.15) is 21.0 Å². The van der Waals surface area contributed by atoms with E-state index in [4.69, 9.17) is 0 Å². The molecule has 4 nitrogen and oxygen atoms in total. The third kappa shape index (κ3) is 6.04. The first kappa shape index (κ1) is 38.7. The van der Waals surface area contributed by atoms with Crippen LogP contribution in [0, 0.1) is 81.4 Å². The van der Waals surface area contributed by atoms with Crippen molar-refractivity contribution in [2.75, 3.05) is 0 Å². The molecule has 252 valence electrons. The number of benzene rings is 4. The molecular formula is C26Br2F14N2O2S2Zn. The normalized spacial score (nSPS) is 11.3. The summed E-state index contributed by atoms with van der Waals surface area (Å²) in [4.78, 5) is 6.65. The average Bonchev–Trinajstić information content (AvgIpc) is 3.71. The maximum Gasteiger partial charge on any atom is 2.00 e. The molecule has 49 heavy (non-hydrogen) atoms. The van der Waals surface area contributed by atoms with Crippen molar-refractivity contribution in [2.45, 2.75) is 0 Å². The van der Waals surface area contributed by atoms with E-state index in [-0.39, 0.29) is 42.2 Å². The molecule has 0 atom stereocenters. The molecule has 0 aliphatic carbocycles. The first-order valence-electron chi connectivity index (χ1n) is 11.6. The number of hydrogen-bond acceptors (Lipinski definition) is 6.